The Bertz CT molecular complexity index is 639. The van der Waals surface area contributed by atoms with Crippen LogP contribution in [0.15, 0.2) is 48.5 Å². The number of ether oxygens (including phenoxy) is 1. The lowest BCUT2D eigenvalue weighted by atomic mass is 10.1. The van der Waals surface area contributed by atoms with Gasteiger partial charge in [-0.25, -0.2) is 0 Å². The fraction of sp³-hybridized carbons (Fsp3) is 0.316. The topological polar surface area (TPSA) is 67.6 Å². The average molecular weight is 327 g/mol. The van der Waals surface area contributed by atoms with E-state index in [4.69, 9.17) is 10.5 Å². The van der Waals surface area contributed by atoms with Gasteiger partial charge >= 0.3 is 0 Å². The van der Waals surface area contributed by atoms with Crippen molar-refractivity contribution in [1.82, 2.24) is 0 Å². The molecule has 0 saturated carbocycles. The first-order valence-electron chi connectivity index (χ1n) is 8.19. The number of amides is 1. The highest BCUT2D eigenvalue weighted by Crippen LogP contribution is 2.18. The summed E-state index contributed by atoms with van der Waals surface area (Å²) in [5.41, 5.74) is 7.86. The Kier molecular flexibility index (Phi) is 6.63. The van der Waals surface area contributed by atoms with Crippen LogP contribution in [0, 0.1) is 0 Å². The summed E-state index contributed by atoms with van der Waals surface area (Å²) in [6, 6.07) is 14.9. The normalized spacial score (nSPS) is 10.3. The van der Waals surface area contributed by atoms with Gasteiger partial charge in [-0.05, 0) is 55.0 Å². The second-order valence-electron chi connectivity index (χ2n) is 5.58. The standard InChI is InChI=1S/C19H25N3O2/c1-3-13-22(2)17-8-4-15(5-9-17)19(23)21-16-6-10-18(11-7-16)24-14-12-20/h4-11H,3,12-14,20H2,1-2H3,(H,21,23). The second-order valence-corrected chi connectivity index (χ2v) is 5.58. The maximum Gasteiger partial charge on any atom is 0.255 e. The summed E-state index contributed by atoms with van der Waals surface area (Å²) in [5.74, 6) is 0.608. The molecule has 2 aromatic rings. The van der Waals surface area contributed by atoms with Gasteiger partial charge in [0.05, 0.1) is 0 Å². The summed E-state index contributed by atoms with van der Waals surface area (Å²) in [4.78, 5) is 14.5. The van der Waals surface area contributed by atoms with E-state index in [-0.39, 0.29) is 5.91 Å². The van der Waals surface area contributed by atoms with Gasteiger partial charge in [0, 0.05) is 37.1 Å². The zero-order valence-corrected chi connectivity index (χ0v) is 14.3. The number of benzene rings is 2. The Balaban J connectivity index is 1.96. The molecule has 24 heavy (non-hydrogen) atoms. The number of carbonyl (C=O) groups is 1. The first-order chi connectivity index (χ1) is 11.6. The molecule has 0 bridgehead atoms. The van der Waals surface area contributed by atoms with Crippen molar-refractivity contribution in [1.29, 1.82) is 0 Å². The molecule has 128 valence electrons. The zero-order valence-electron chi connectivity index (χ0n) is 14.3. The van der Waals surface area contributed by atoms with Crippen LogP contribution in [0.25, 0.3) is 0 Å². The van der Waals surface area contributed by atoms with Crippen LogP contribution in [-0.4, -0.2) is 32.7 Å². The van der Waals surface area contributed by atoms with Gasteiger partial charge in [-0.3, -0.25) is 4.79 Å². The number of carbonyl (C=O) groups excluding carboxylic acids is 1. The highest BCUT2D eigenvalue weighted by molar-refractivity contribution is 6.04. The van der Waals surface area contributed by atoms with E-state index in [2.05, 4.69) is 17.1 Å². The van der Waals surface area contributed by atoms with E-state index in [1.54, 1.807) is 0 Å². The molecule has 0 atom stereocenters. The Labute approximate surface area is 143 Å². The van der Waals surface area contributed by atoms with E-state index in [0.717, 1.165) is 30.1 Å². The van der Waals surface area contributed by atoms with Crippen LogP contribution in [0.2, 0.25) is 0 Å². The molecule has 0 unspecified atom stereocenters. The number of nitrogens with one attached hydrogen (secondary N) is 1. The number of hydrogen-bond donors (Lipinski definition) is 2. The van der Waals surface area contributed by atoms with Crippen molar-refractivity contribution in [2.24, 2.45) is 5.73 Å². The summed E-state index contributed by atoms with van der Waals surface area (Å²) in [7, 11) is 2.05. The van der Waals surface area contributed by atoms with Crippen molar-refractivity contribution >= 4 is 17.3 Å². The molecular formula is C19H25N3O2. The van der Waals surface area contributed by atoms with Crippen LogP contribution in [-0.2, 0) is 0 Å². The number of hydrogen-bond acceptors (Lipinski definition) is 4. The van der Waals surface area contributed by atoms with Gasteiger partial charge < -0.3 is 20.7 Å². The number of nitrogens with zero attached hydrogens (tertiary/aromatic N) is 1. The Hall–Kier alpha value is -2.53. The molecule has 2 rings (SSSR count). The van der Waals surface area contributed by atoms with Crippen molar-refractivity contribution in [3.05, 3.63) is 54.1 Å². The third-order valence-corrected chi connectivity index (χ3v) is 3.63. The van der Waals surface area contributed by atoms with Crippen LogP contribution < -0.4 is 20.7 Å². The van der Waals surface area contributed by atoms with Crippen molar-refractivity contribution in [2.75, 3.05) is 37.0 Å². The van der Waals surface area contributed by atoms with Crippen LogP contribution in [0.5, 0.6) is 5.75 Å². The molecule has 0 spiro atoms. The first kappa shape index (κ1) is 17.8. The van der Waals surface area contributed by atoms with Gasteiger partial charge in [-0.1, -0.05) is 6.92 Å². The minimum absolute atomic E-state index is 0.129. The first-order valence-corrected chi connectivity index (χ1v) is 8.19. The van der Waals surface area contributed by atoms with Gasteiger partial charge in [0.1, 0.15) is 12.4 Å². The van der Waals surface area contributed by atoms with Crippen molar-refractivity contribution in [3.63, 3.8) is 0 Å². The largest absolute Gasteiger partial charge is 0.492 e. The summed E-state index contributed by atoms with van der Waals surface area (Å²) in [6.45, 7) is 4.08. The smallest absolute Gasteiger partial charge is 0.255 e. The molecule has 0 heterocycles. The minimum atomic E-state index is -0.129. The van der Waals surface area contributed by atoms with Crippen molar-refractivity contribution in [3.8, 4) is 5.75 Å². The van der Waals surface area contributed by atoms with Crippen LogP contribution in [0.3, 0.4) is 0 Å². The summed E-state index contributed by atoms with van der Waals surface area (Å²) in [5, 5.41) is 2.88. The van der Waals surface area contributed by atoms with Gasteiger partial charge in [-0.2, -0.15) is 0 Å². The highest BCUT2D eigenvalue weighted by atomic mass is 16.5. The van der Waals surface area contributed by atoms with Crippen molar-refractivity contribution in [2.45, 2.75) is 13.3 Å². The quantitative estimate of drug-likeness (QED) is 0.782. The number of anilines is 2. The predicted molar refractivity (Wildman–Crippen MR) is 98.9 cm³/mol. The molecule has 0 aliphatic carbocycles. The molecule has 5 nitrogen and oxygen atoms in total. The molecule has 0 aromatic heterocycles. The Morgan fingerprint density at radius 1 is 1.12 bits per heavy atom. The van der Waals surface area contributed by atoms with E-state index < -0.39 is 0 Å². The van der Waals surface area contributed by atoms with E-state index in [0.29, 0.717) is 18.7 Å². The molecule has 2 aromatic carbocycles. The molecule has 5 heteroatoms. The molecule has 0 aliphatic heterocycles. The third-order valence-electron chi connectivity index (χ3n) is 3.63. The summed E-state index contributed by atoms with van der Waals surface area (Å²) in [6.07, 6.45) is 1.09. The zero-order chi connectivity index (χ0) is 17.4. The van der Waals surface area contributed by atoms with Gasteiger partial charge in [0.15, 0.2) is 0 Å². The fourth-order valence-corrected chi connectivity index (χ4v) is 2.35. The highest BCUT2D eigenvalue weighted by Gasteiger charge is 2.07. The lowest BCUT2D eigenvalue weighted by molar-refractivity contribution is 0.102. The lowest BCUT2D eigenvalue weighted by Crippen LogP contribution is -2.18. The van der Waals surface area contributed by atoms with Crippen LogP contribution in [0.1, 0.15) is 23.7 Å². The van der Waals surface area contributed by atoms with Gasteiger partial charge in [0.2, 0.25) is 0 Å². The Morgan fingerprint density at radius 2 is 1.79 bits per heavy atom. The number of nitrogens with two attached hydrogens (primary N) is 1. The van der Waals surface area contributed by atoms with E-state index in [1.807, 2.05) is 55.6 Å². The lowest BCUT2D eigenvalue weighted by Gasteiger charge is -2.18. The van der Waals surface area contributed by atoms with Gasteiger partial charge in [-0.15, -0.1) is 0 Å². The predicted octanol–water partition coefficient (Wildman–Crippen LogP) is 3.12. The van der Waals surface area contributed by atoms with E-state index >= 15 is 0 Å². The second kappa shape index (κ2) is 8.93. The SMILES string of the molecule is CCCN(C)c1ccc(C(=O)Nc2ccc(OCCN)cc2)cc1. The average Bonchev–Trinajstić information content (AvgIpc) is 2.61. The monoisotopic (exact) mass is 327 g/mol. The van der Waals surface area contributed by atoms with Crippen LogP contribution in [0.4, 0.5) is 11.4 Å². The minimum Gasteiger partial charge on any atom is -0.492 e. The molecule has 1 amide bonds. The third kappa shape index (κ3) is 4.99. The number of rotatable bonds is 8. The van der Waals surface area contributed by atoms with Crippen LogP contribution >= 0.6 is 0 Å². The van der Waals surface area contributed by atoms with Crippen molar-refractivity contribution < 1.29 is 9.53 Å². The maximum absolute atomic E-state index is 12.3. The molecule has 0 fully saturated rings. The maximum atomic E-state index is 12.3. The van der Waals surface area contributed by atoms with Gasteiger partial charge in [0.25, 0.3) is 5.91 Å². The molecule has 3 N–H and O–H groups in total. The summed E-state index contributed by atoms with van der Waals surface area (Å²) >= 11 is 0. The van der Waals surface area contributed by atoms with E-state index in [9.17, 15) is 4.79 Å². The Morgan fingerprint density at radius 3 is 2.38 bits per heavy atom. The van der Waals surface area contributed by atoms with E-state index in [1.165, 1.54) is 0 Å². The molecule has 0 aliphatic rings. The molecule has 0 radical (unpaired) electrons. The summed E-state index contributed by atoms with van der Waals surface area (Å²) < 4.78 is 5.41. The molecular weight excluding hydrogens is 302 g/mol. The molecule has 0 saturated heterocycles. The fourth-order valence-electron chi connectivity index (χ4n) is 2.35.